The SMILES string of the molecule is Cc1ccc(NCC(=O)NNC(=O)/C=C/c2sccc2C)c(C)c1. The molecule has 1 aromatic carbocycles. The molecular formula is C18H21N3O2S. The average Bonchev–Trinajstić information content (AvgIpc) is 2.95. The summed E-state index contributed by atoms with van der Waals surface area (Å²) in [6.45, 7) is 6.06. The van der Waals surface area contributed by atoms with Crippen LogP contribution >= 0.6 is 11.3 Å². The van der Waals surface area contributed by atoms with Gasteiger partial charge in [-0.25, -0.2) is 0 Å². The zero-order valence-corrected chi connectivity index (χ0v) is 14.8. The third-order valence-electron chi connectivity index (χ3n) is 3.43. The van der Waals surface area contributed by atoms with Crippen molar-refractivity contribution in [3.8, 4) is 0 Å². The first-order chi connectivity index (χ1) is 11.5. The molecule has 5 nitrogen and oxygen atoms in total. The summed E-state index contributed by atoms with van der Waals surface area (Å²) < 4.78 is 0. The number of hydrogen-bond acceptors (Lipinski definition) is 4. The monoisotopic (exact) mass is 343 g/mol. The van der Waals surface area contributed by atoms with Crippen molar-refractivity contribution in [1.82, 2.24) is 10.9 Å². The summed E-state index contributed by atoms with van der Waals surface area (Å²) in [5.41, 5.74) is 9.00. The van der Waals surface area contributed by atoms with E-state index in [9.17, 15) is 9.59 Å². The van der Waals surface area contributed by atoms with Gasteiger partial charge in [0.2, 0.25) is 0 Å². The first-order valence-corrected chi connectivity index (χ1v) is 8.46. The van der Waals surface area contributed by atoms with Gasteiger partial charge in [-0.05, 0) is 55.5 Å². The summed E-state index contributed by atoms with van der Waals surface area (Å²) in [6.07, 6.45) is 3.13. The van der Waals surface area contributed by atoms with Crippen molar-refractivity contribution in [2.24, 2.45) is 0 Å². The normalized spacial score (nSPS) is 10.6. The van der Waals surface area contributed by atoms with Crippen LogP contribution in [-0.2, 0) is 9.59 Å². The first-order valence-electron chi connectivity index (χ1n) is 7.58. The number of thiophene rings is 1. The molecule has 2 aromatic rings. The number of hydrazine groups is 1. The maximum absolute atomic E-state index is 11.8. The van der Waals surface area contributed by atoms with Crippen molar-refractivity contribution in [1.29, 1.82) is 0 Å². The van der Waals surface area contributed by atoms with Gasteiger partial charge in [0.25, 0.3) is 11.8 Å². The average molecular weight is 343 g/mol. The second-order valence-electron chi connectivity index (χ2n) is 5.51. The summed E-state index contributed by atoms with van der Waals surface area (Å²) in [5, 5.41) is 5.01. The minimum absolute atomic E-state index is 0.0813. The van der Waals surface area contributed by atoms with E-state index in [2.05, 4.69) is 16.2 Å². The first kappa shape index (κ1) is 17.7. The molecule has 0 unspecified atom stereocenters. The molecule has 0 aliphatic rings. The largest absolute Gasteiger partial charge is 0.376 e. The predicted octanol–water partition coefficient (Wildman–Crippen LogP) is 2.95. The summed E-state index contributed by atoms with van der Waals surface area (Å²) in [6, 6.07) is 7.94. The number of anilines is 1. The van der Waals surface area contributed by atoms with E-state index in [1.807, 2.05) is 50.4 Å². The fourth-order valence-electron chi connectivity index (χ4n) is 2.11. The van der Waals surface area contributed by atoms with Crippen LogP contribution in [-0.4, -0.2) is 18.4 Å². The van der Waals surface area contributed by atoms with Gasteiger partial charge in [0.15, 0.2) is 0 Å². The molecule has 2 rings (SSSR count). The van der Waals surface area contributed by atoms with Crippen molar-refractivity contribution in [2.45, 2.75) is 20.8 Å². The molecule has 126 valence electrons. The van der Waals surface area contributed by atoms with Gasteiger partial charge in [0.05, 0.1) is 6.54 Å². The van der Waals surface area contributed by atoms with Crippen molar-refractivity contribution in [3.63, 3.8) is 0 Å². The second kappa shape index (κ2) is 8.31. The molecule has 0 radical (unpaired) electrons. The van der Waals surface area contributed by atoms with Crippen molar-refractivity contribution < 1.29 is 9.59 Å². The maximum atomic E-state index is 11.8. The number of rotatable bonds is 5. The van der Waals surface area contributed by atoms with Gasteiger partial charge in [-0.2, -0.15) is 0 Å². The van der Waals surface area contributed by atoms with Crippen molar-refractivity contribution >= 4 is 34.9 Å². The minimum Gasteiger partial charge on any atom is -0.376 e. The standard InChI is InChI=1S/C18H21N3O2S/c1-12-4-5-15(14(3)10-12)19-11-18(23)21-20-17(22)7-6-16-13(2)8-9-24-16/h4-10,19H,11H2,1-3H3,(H,20,22)(H,21,23)/b7-6+. The highest BCUT2D eigenvalue weighted by Crippen LogP contribution is 2.17. The Morgan fingerprint density at radius 1 is 1.08 bits per heavy atom. The number of carbonyl (C=O) groups excluding carboxylic acids is 2. The number of aryl methyl sites for hydroxylation is 3. The van der Waals surface area contributed by atoms with Crippen LogP contribution in [0.1, 0.15) is 21.6 Å². The Morgan fingerprint density at radius 3 is 2.54 bits per heavy atom. The summed E-state index contributed by atoms with van der Waals surface area (Å²) in [7, 11) is 0. The van der Waals surface area contributed by atoms with Crippen LogP contribution in [0.2, 0.25) is 0 Å². The molecule has 0 saturated heterocycles. The third-order valence-corrected chi connectivity index (χ3v) is 4.42. The number of hydrogen-bond donors (Lipinski definition) is 3. The topological polar surface area (TPSA) is 70.2 Å². The van der Waals surface area contributed by atoms with Gasteiger partial charge in [0.1, 0.15) is 0 Å². The third kappa shape index (κ3) is 5.24. The number of amides is 2. The van der Waals surface area contributed by atoms with Gasteiger partial charge in [-0.1, -0.05) is 17.7 Å². The van der Waals surface area contributed by atoms with Crippen LogP contribution < -0.4 is 16.2 Å². The lowest BCUT2D eigenvalue weighted by atomic mass is 10.1. The molecule has 2 amide bonds. The van der Waals surface area contributed by atoms with Crippen LogP contribution in [0.4, 0.5) is 5.69 Å². The van der Waals surface area contributed by atoms with E-state index in [1.165, 1.54) is 11.6 Å². The summed E-state index contributed by atoms with van der Waals surface area (Å²) in [5.74, 6) is -0.688. The van der Waals surface area contributed by atoms with Gasteiger partial charge in [-0.15, -0.1) is 11.3 Å². The molecule has 6 heteroatoms. The highest BCUT2D eigenvalue weighted by Gasteiger charge is 2.04. The molecule has 0 atom stereocenters. The zero-order chi connectivity index (χ0) is 17.5. The number of nitrogens with one attached hydrogen (secondary N) is 3. The molecule has 0 spiro atoms. The molecule has 3 N–H and O–H groups in total. The van der Waals surface area contributed by atoms with Crippen molar-refractivity contribution in [3.05, 3.63) is 57.3 Å². The van der Waals surface area contributed by atoms with E-state index < -0.39 is 0 Å². The highest BCUT2D eigenvalue weighted by molar-refractivity contribution is 7.11. The minimum atomic E-state index is -0.373. The van der Waals surface area contributed by atoms with Gasteiger partial charge < -0.3 is 5.32 Å². The van der Waals surface area contributed by atoms with Crippen LogP contribution in [0.5, 0.6) is 0 Å². The lowest BCUT2D eigenvalue weighted by molar-refractivity contribution is -0.125. The summed E-state index contributed by atoms with van der Waals surface area (Å²) in [4.78, 5) is 24.5. The van der Waals surface area contributed by atoms with Crippen LogP contribution in [0.3, 0.4) is 0 Å². The molecular weight excluding hydrogens is 322 g/mol. The molecule has 0 aliphatic heterocycles. The Kier molecular flexibility index (Phi) is 6.14. The van der Waals surface area contributed by atoms with E-state index in [-0.39, 0.29) is 18.4 Å². The van der Waals surface area contributed by atoms with Gasteiger partial charge in [0, 0.05) is 16.6 Å². The highest BCUT2D eigenvalue weighted by atomic mass is 32.1. The van der Waals surface area contributed by atoms with E-state index in [0.717, 1.165) is 21.7 Å². The quantitative estimate of drug-likeness (QED) is 0.577. The van der Waals surface area contributed by atoms with Gasteiger partial charge in [-0.3, -0.25) is 20.4 Å². The molecule has 24 heavy (non-hydrogen) atoms. The lowest BCUT2D eigenvalue weighted by Gasteiger charge is -2.10. The molecule has 0 fully saturated rings. The van der Waals surface area contributed by atoms with Crippen LogP contribution in [0, 0.1) is 20.8 Å². The number of benzene rings is 1. The molecule has 1 aromatic heterocycles. The molecule has 0 saturated carbocycles. The molecule has 0 bridgehead atoms. The second-order valence-corrected chi connectivity index (χ2v) is 6.46. The lowest BCUT2D eigenvalue weighted by Crippen LogP contribution is -2.43. The molecule has 1 heterocycles. The Morgan fingerprint density at radius 2 is 1.88 bits per heavy atom. The molecule has 0 aliphatic carbocycles. The van der Waals surface area contributed by atoms with E-state index in [1.54, 1.807) is 17.4 Å². The number of carbonyl (C=O) groups is 2. The van der Waals surface area contributed by atoms with Crippen molar-refractivity contribution in [2.75, 3.05) is 11.9 Å². The van der Waals surface area contributed by atoms with E-state index in [4.69, 9.17) is 0 Å². The van der Waals surface area contributed by atoms with Crippen LogP contribution in [0.25, 0.3) is 6.08 Å². The Balaban J connectivity index is 1.75. The maximum Gasteiger partial charge on any atom is 0.262 e. The Bertz CT molecular complexity index is 765. The fraction of sp³-hybridized carbons (Fsp3) is 0.222. The smallest absolute Gasteiger partial charge is 0.262 e. The van der Waals surface area contributed by atoms with E-state index >= 15 is 0 Å². The zero-order valence-electron chi connectivity index (χ0n) is 14.0. The van der Waals surface area contributed by atoms with Gasteiger partial charge >= 0.3 is 0 Å². The Hall–Kier alpha value is -2.60. The fourth-order valence-corrected chi connectivity index (χ4v) is 2.93. The predicted molar refractivity (Wildman–Crippen MR) is 98.8 cm³/mol. The van der Waals surface area contributed by atoms with E-state index in [0.29, 0.717) is 0 Å². The Labute approximate surface area is 145 Å². The van der Waals surface area contributed by atoms with Crippen LogP contribution in [0.15, 0.2) is 35.7 Å². The summed E-state index contributed by atoms with van der Waals surface area (Å²) >= 11 is 1.56.